The topological polar surface area (TPSA) is 85.1 Å². The standard InChI is InChI=1S/C10H6BrN3O3S/c11-7-3-1-2-6(4-7)9(15)13-10-12-5-8(18-10)14(16)17/h1-5H,(H,12,13,15). The van der Waals surface area contributed by atoms with Gasteiger partial charge in [0.2, 0.25) is 0 Å². The van der Waals surface area contributed by atoms with Crippen LogP contribution in [-0.4, -0.2) is 15.8 Å². The molecule has 2 aromatic rings. The maximum Gasteiger partial charge on any atom is 0.345 e. The number of anilines is 1. The number of rotatable bonds is 3. The Morgan fingerprint density at radius 3 is 2.89 bits per heavy atom. The molecule has 0 spiro atoms. The van der Waals surface area contributed by atoms with Gasteiger partial charge in [-0.15, -0.1) is 0 Å². The number of carbonyl (C=O) groups excluding carboxylic acids is 1. The van der Waals surface area contributed by atoms with Crippen molar-refractivity contribution in [3.05, 3.63) is 50.6 Å². The van der Waals surface area contributed by atoms with Crippen molar-refractivity contribution >= 4 is 43.3 Å². The highest BCUT2D eigenvalue weighted by Gasteiger charge is 2.14. The van der Waals surface area contributed by atoms with E-state index in [-0.39, 0.29) is 16.0 Å². The third kappa shape index (κ3) is 2.90. The first-order valence-electron chi connectivity index (χ1n) is 4.73. The zero-order chi connectivity index (χ0) is 13.1. The molecule has 0 fully saturated rings. The molecule has 18 heavy (non-hydrogen) atoms. The van der Waals surface area contributed by atoms with Crippen molar-refractivity contribution in [2.45, 2.75) is 0 Å². The van der Waals surface area contributed by atoms with Crippen LogP contribution in [0.1, 0.15) is 10.4 Å². The quantitative estimate of drug-likeness (QED) is 0.693. The Morgan fingerprint density at radius 2 is 2.28 bits per heavy atom. The van der Waals surface area contributed by atoms with Gasteiger partial charge in [0, 0.05) is 10.0 Å². The van der Waals surface area contributed by atoms with Crippen LogP contribution in [0.2, 0.25) is 0 Å². The number of hydrogen-bond donors (Lipinski definition) is 1. The lowest BCUT2D eigenvalue weighted by molar-refractivity contribution is -0.380. The van der Waals surface area contributed by atoms with Crippen molar-refractivity contribution in [2.75, 3.05) is 5.32 Å². The molecule has 0 radical (unpaired) electrons. The van der Waals surface area contributed by atoms with Crippen molar-refractivity contribution in [3.63, 3.8) is 0 Å². The van der Waals surface area contributed by atoms with Gasteiger partial charge in [-0.2, -0.15) is 0 Å². The Labute approximate surface area is 114 Å². The first-order chi connectivity index (χ1) is 8.56. The molecule has 2 rings (SSSR count). The van der Waals surface area contributed by atoms with E-state index in [0.29, 0.717) is 5.56 Å². The SMILES string of the molecule is O=C(Nc1ncc([N+](=O)[O-])s1)c1cccc(Br)c1. The molecule has 0 aliphatic rings. The Bertz CT molecular complexity index is 614. The zero-order valence-electron chi connectivity index (χ0n) is 8.79. The minimum absolute atomic E-state index is 0.112. The van der Waals surface area contributed by atoms with Crippen molar-refractivity contribution in [1.29, 1.82) is 0 Å². The fourth-order valence-corrected chi connectivity index (χ4v) is 2.23. The Kier molecular flexibility index (Phi) is 3.68. The predicted molar refractivity (Wildman–Crippen MR) is 70.9 cm³/mol. The number of hydrogen-bond acceptors (Lipinski definition) is 5. The summed E-state index contributed by atoms with van der Waals surface area (Å²) >= 11 is 4.07. The molecule has 1 aromatic heterocycles. The van der Waals surface area contributed by atoms with Crippen LogP contribution >= 0.6 is 27.3 Å². The molecule has 0 unspecified atom stereocenters. The molecule has 1 amide bonds. The molecule has 0 bridgehead atoms. The molecular weight excluding hydrogens is 322 g/mol. The number of nitrogens with zero attached hydrogens (tertiary/aromatic N) is 2. The van der Waals surface area contributed by atoms with E-state index in [1.165, 1.54) is 0 Å². The minimum atomic E-state index is -0.549. The Hall–Kier alpha value is -1.80. The van der Waals surface area contributed by atoms with E-state index in [2.05, 4.69) is 26.2 Å². The van der Waals surface area contributed by atoms with Crippen LogP contribution in [0.3, 0.4) is 0 Å². The fraction of sp³-hybridized carbons (Fsp3) is 0. The third-order valence-corrected chi connectivity index (χ3v) is 3.34. The molecule has 0 atom stereocenters. The van der Waals surface area contributed by atoms with E-state index in [9.17, 15) is 14.9 Å². The van der Waals surface area contributed by atoms with Crippen molar-refractivity contribution in [1.82, 2.24) is 4.98 Å². The molecular formula is C10H6BrN3O3S. The monoisotopic (exact) mass is 327 g/mol. The number of halogens is 1. The van der Waals surface area contributed by atoms with Gasteiger partial charge in [-0.25, -0.2) is 4.98 Å². The highest BCUT2D eigenvalue weighted by Crippen LogP contribution is 2.25. The summed E-state index contributed by atoms with van der Waals surface area (Å²) in [4.78, 5) is 25.5. The largest absolute Gasteiger partial charge is 0.345 e. The number of thiazole rings is 1. The summed E-state index contributed by atoms with van der Waals surface area (Å²) in [5.41, 5.74) is 0.447. The van der Waals surface area contributed by atoms with Gasteiger partial charge in [0.05, 0.1) is 4.92 Å². The summed E-state index contributed by atoms with van der Waals surface area (Å²) in [6.07, 6.45) is 1.11. The lowest BCUT2D eigenvalue weighted by Crippen LogP contribution is -2.11. The van der Waals surface area contributed by atoms with Gasteiger partial charge in [0.15, 0.2) is 5.13 Å². The van der Waals surface area contributed by atoms with Gasteiger partial charge < -0.3 is 0 Å². The van der Waals surface area contributed by atoms with Crippen LogP contribution in [0.5, 0.6) is 0 Å². The molecule has 1 aromatic carbocycles. The van der Waals surface area contributed by atoms with E-state index in [1.807, 2.05) is 0 Å². The van der Waals surface area contributed by atoms with Crippen molar-refractivity contribution in [2.24, 2.45) is 0 Å². The molecule has 6 nitrogen and oxygen atoms in total. The van der Waals surface area contributed by atoms with Gasteiger partial charge in [0.25, 0.3) is 5.91 Å². The lowest BCUT2D eigenvalue weighted by atomic mass is 10.2. The number of nitro groups is 1. The van der Waals surface area contributed by atoms with Gasteiger partial charge in [0.1, 0.15) is 6.20 Å². The number of benzene rings is 1. The summed E-state index contributed by atoms with van der Waals surface area (Å²) in [5.74, 6) is -0.361. The summed E-state index contributed by atoms with van der Waals surface area (Å²) < 4.78 is 0.778. The zero-order valence-corrected chi connectivity index (χ0v) is 11.2. The second-order valence-electron chi connectivity index (χ2n) is 3.23. The fourth-order valence-electron chi connectivity index (χ4n) is 1.21. The van der Waals surface area contributed by atoms with Crippen LogP contribution in [0, 0.1) is 10.1 Å². The summed E-state index contributed by atoms with van der Waals surface area (Å²) in [7, 11) is 0. The molecule has 0 aliphatic carbocycles. The average molecular weight is 328 g/mol. The number of aromatic nitrogens is 1. The van der Waals surface area contributed by atoms with Crippen LogP contribution in [0.25, 0.3) is 0 Å². The third-order valence-electron chi connectivity index (χ3n) is 1.98. The van der Waals surface area contributed by atoms with Crippen LogP contribution in [-0.2, 0) is 0 Å². The summed E-state index contributed by atoms with van der Waals surface area (Å²) in [6, 6.07) is 6.81. The molecule has 0 saturated carbocycles. The first-order valence-corrected chi connectivity index (χ1v) is 6.34. The van der Waals surface area contributed by atoms with E-state index >= 15 is 0 Å². The maximum absolute atomic E-state index is 11.8. The number of nitrogens with one attached hydrogen (secondary N) is 1. The molecule has 0 saturated heterocycles. The van der Waals surface area contributed by atoms with Gasteiger partial charge >= 0.3 is 5.00 Å². The highest BCUT2D eigenvalue weighted by molar-refractivity contribution is 9.10. The van der Waals surface area contributed by atoms with Crippen LogP contribution in [0.4, 0.5) is 10.1 Å². The van der Waals surface area contributed by atoms with E-state index < -0.39 is 4.92 Å². The first kappa shape index (κ1) is 12.7. The Morgan fingerprint density at radius 1 is 1.50 bits per heavy atom. The second-order valence-corrected chi connectivity index (χ2v) is 5.15. The van der Waals surface area contributed by atoms with E-state index in [1.54, 1.807) is 24.3 Å². The van der Waals surface area contributed by atoms with Crippen molar-refractivity contribution < 1.29 is 9.72 Å². The second kappa shape index (κ2) is 5.23. The molecule has 1 N–H and O–H groups in total. The molecule has 92 valence electrons. The predicted octanol–water partition coefficient (Wildman–Crippen LogP) is 3.07. The minimum Gasteiger partial charge on any atom is -0.298 e. The van der Waals surface area contributed by atoms with Gasteiger partial charge in [-0.3, -0.25) is 20.2 Å². The number of carbonyl (C=O) groups is 1. The van der Waals surface area contributed by atoms with Gasteiger partial charge in [-0.1, -0.05) is 22.0 Å². The average Bonchev–Trinajstić information content (AvgIpc) is 2.77. The molecule has 0 aliphatic heterocycles. The molecule has 8 heteroatoms. The lowest BCUT2D eigenvalue weighted by Gasteiger charge is -2.01. The van der Waals surface area contributed by atoms with Crippen LogP contribution < -0.4 is 5.32 Å². The van der Waals surface area contributed by atoms with E-state index in [0.717, 1.165) is 22.0 Å². The summed E-state index contributed by atoms with van der Waals surface area (Å²) in [6.45, 7) is 0. The normalized spacial score (nSPS) is 10.1. The Balaban J connectivity index is 2.13. The van der Waals surface area contributed by atoms with Gasteiger partial charge in [-0.05, 0) is 29.5 Å². The van der Waals surface area contributed by atoms with Crippen LogP contribution in [0.15, 0.2) is 34.9 Å². The van der Waals surface area contributed by atoms with E-state index in [4.69, 9.17) is 0 Å². The highest BCUT2D eigenvalue weighted by atomic mass is 79.9. The van der Waals surface area contributed by atoms with Crippen molar-refractivity contribution in [3.8, 4) is 0 Å². The summed E-state index contributed by atoms with van der Waals surface area (Å²) in [5, 5.41) is 13.1. The molecule has 1 heterocycles. The smallest absolute Gasteiger partial charge is 0.298 e. The number of amides is 1. The maximum atomic E-state index is 11.8.